The lowest BCUT2D eigenvalue weighted by Crippen LogP contribution is -2.51. The van der Waals surface area contributed by atoms with Crippen molar-refractivity contribution in [1.82, 2.24) is 14.2 Å². The van der Waals surface area contributed by atoms with Crippen LogP contribution in [0.5, 0.6) is 0 Å². The Morgan fingerprint density at radius 2 is 1.75 bits per heavy atom. The molecule has 0 unspecified atom stereocenters. The molecule has 2 aliphatic rings. The zero-order valence-corrected chi connectivity index (χ0v) is 17.4. The summed E-state index contributed by atoms with van der Waals surface area (Å²) in [7, 11) is -3.17. The summed E-state index contributed by atoms with van der Waals surface area (Å²) in [5, 5.41) is 6.04. The second-order valence-corrected chi connectivity index (χ2v) is 9.47. The van der Waals surface area contributed by atoms with E-state index in [2.05, 4.69) is 12.0 Å². The maximum Gasteiger partial charge on any atom is 0.256 e. The minimum Gasteiger partial charge on any atom is -0.292 e. The third kappa shape index (κ3) is 5.40. The fourth-order valence-electron chi connectivity index (χ4n) is 3.57. The summed E-state index contributed by atoms with van der Waals surface area (Å²) in [6.07, 6.45) is 3.43. The highest BCUT2D eigenvalue weighted by atomic mass is 32.2. The second kappa shape index (κ2) is 9.62. The molecule has 154 valence electrons. The molecule has 1 aromatic carbocycles. The summed E-state index contributed by atoms with van der Waals surface area (Å²) >= 11 is 0. The Kier molecular flexibility index (Phi) is 7.20. The van der Waals surface area contributed by atoms with Crippen molar-refractivity contribution in [2.24, 2.45) is 5.10 Å². The Bertz CT molecular complexity index is 787. The maximum absolute atomic E-state index is 12.6. The predicted molar refractivity (Wildman–Crippen MR) is 111 cm³/mol. The highest BCUT2D eigenvalue weighted by molar-refractivity contribution is 7.89. The molecule has 1 fully saturated rings. The molecule has 1 saturated heterocycles. The average molecular weight is 407 g/mol. The molecule has 3 rings (SSSR count). The highest BCUT2D eigenvalue weighted by Gasteiger charge is 2.29. The van der Waals surface area contributed by atoms with Crippen LogP contribution in [-0.4, -0.2) is 79.3 Å². The van der Waals surface area contributed by atoms with E-state index in [9.17, 15) is 13.2 Å². The summed E-state index contributed by atoms with van der Waals surface area (Å²) < 4.78 is 26.3. The quantitative estimate of drug-likeness (QED) is 0.617. The van der Waals surface area contributed by atoms with Crippen LogP contribution in [0.3, 0.4) is 0 Å². The van der Waals surface area contributed by atoms with E-state index >= 15 is 0 Å². The van der Waals surface area contributed by atoms with E-state index in [0.717, 1.165) is 30.5 Å². The van der Waals surface area contributed by atoms with Gasteiger partial charge in [-0.05, 0) is 12.0 Å². The van der Waals surface area contributed by atoms with E-state index in [0.29, 0.717) is 39.1 Å². The van der Waals surface area contributed by atoms with E-state index in [4.69, 9.17) is 0 Å². The molecule has 1 amide bonds. The van der Waals surface area contributed by atoms with Gasteiger partial charge in [0.05, 0.1) is 24.6 Å². The molecular formula is C20H30N4O3S. The molecule has 0 radical (unpaired) electrons. The predicted octanol–water partition coefficient (Wildman–Crippen LogP) is 1.76. The molecule has 8 heteroatoms. The first kappa shape index (κ1) is 21.0. The zero-order chi connectivity index (χ0) is 20.0. The van der Waals surface area contributed by atoms with Crippen LogP contribution in [0, 0.1) is 0 Å². The molecule has 0 aliphatic carbocycles. The minimum absolute atomic E-state index is 0.0230. The monoisotopic (exact) mass is 406 g/mol. The third-order valence-electron chi connectivity index (χ3n) is 5.29. The van der Waals surface area contributed by atoms with Gasteiger partial charge in [-0.15, -0.1) is 0 Å². The summed E-state index contributed by atoms with van der Waals surface area (Å²) in [5.74, 6) is 0.204. The number of hydrogen-bond donors (Lipinski definition) is 0. The standard InChI is InChI=1S/C20H30N4O3S/c1-2-3-7-16-28(26,27)23-14-12-22(13-15-23)17-20(25)24-11-10-19(21-24)18-8-5-4-6-9-18/h4-6,8-9H,2-3,7,10-17H2,1H3. The van der Waals surface area contributed by atoms with Crippen molar-refractivity contribution in [3.8, 4) is 0 Å². The van der Waals surface area contributed by atoms with E-state index < -0.39 is 10.0 Å². The lowest BCUT2D eigenvalue weighted by atomic mass is 10.1. The Labute approximate surface area is 168 Å². The number of carbonyl (C=O) groups is 1. The maximum atomic E-state index is 12.6. The fourth-order valence-corrected chi connectivity index (χ4v) is 5.12. The van der Waals surface area contributed by atoms with Crippen LogP contribution in [0.2, 0.25) is 0 Å². The van der Waals surface area contributed by atoms with Gasteiger partial charge in [0, 0.05) is 32.6 Å². The summed E-state index contributed by atoms with van der Waals surface area (Å²) in [6, 6.07) is 9.92. The van der Waals surface area contributed by atoms with Gasteiger partial charge in [-0.25, -0.2) is 13.4 Å². The smallest absolute Gasteiger partial charge is 0.256 e. The van der Waals surface area contributed by atoms with Gasteiger partial charge >= 0.3 is 0 Å². The van der Waals surface area contributed by atoms with Crippen molar-refractivity contribution in [1.29, 1.82) is 0 Å². The first-order valence-corrected chi connectivity index (χ1v) is 11.7. The van der Waals surface area contributed by atoms with Gasteiger partial charge in [-0.2, -0.15) is 9.41 Å². The number of rotatable bonds is 8. The molecule has 0 aromatic heterocycles. The van der Waals surface area contributed by atoms with E-state index in [1.165, 1.54) is 0 Å². The first-order chi connectivity index (χ1) is 13.5. The van der Waals surface area contributed by atoms with E-state index in [1.54, 1.807) is 9.31 Å². The first-order valence-electron chi connectivity index (χ1n) is 10.1. The van der Waals surface area contributed by atoms with Crippen molar-refractivity contribution in [2.75, 3.05) is 45.0 Å². The van der Waals surface area contributed by atoms with Gasteiger partial charge in [0.1, 0.15) is 0 Å². The number of nitrogens with zero attached hydrogens (tertiary/aromatic N) is 4. The molecule has 0 spiro atoms. The topological polar surface area (TPSA) is 73.3 Å². The van der Waals surface area contributed by atoms with Gasteiger partial charge in [0.2, 0.25) is 10.0 Å². The minimum atomic E-state index is -3.17. The van der Waals surface area contributed by atoms with Gasteiger partial charge in [-0.1, -0.05) is 50.1 Å². The molecular weight excluding hydrogens is 376 g/mol. The molecule has 1 aromatic rings. The van der Waals surface area contributed by atoms with Crippen molar-refractivity contribution in [2.45, 2.75) is 32.6 Å². The van der Waals surface area contributed by atoms with Crippen molar-refractivity contribution >= 4 is 21.6 Å². The highest BCUT2D eigenvalue weighted by Crippen LogP contribution is 2.15. The SMILES string of the molecule is CCCCCS(=O)(=O)N1CCN(CC(=O)N2CCC(c3ccccc3)=N2)CC1. The lowest BCUT2D eigenvalue weighted by molar-refractivity contribution is -0.132. The van der Waals surface area contributed by atoms with Crippen LogP contribution in [0.4, 0.5) is 0 Å². The van der Waals surface area contributed by atoms with E-state index in [1.807, 2.05) is 35.2 Å². The van der Waals surface area contributed by atoms with Crippen molar-refractivity contribution < 1.29 is 13.2 Å². The molecule has 0 bridgehead atoms. The Balaban J connectivity index is 1.47. The Morgan fingerprint density at radius 3 is 2.43 bits per heavy atom. The zero-order valence-electron chi connectivity index (χ0n) is 16.6. The molecule has 28 heavy (non-hydrogen) atoms. The Morgan fingerprint density at radius 1 is 1.04 bits per heavy atom. The normalized spacial score (nSPS) is 19.0. The van der Waals surface area contributed by atoms with Gasteiger partial charge in [-0.3, -0.25) is 9.69 Å². The number of hydrogen-bond acceptors (Lipinski definition) is 5. The molecule has 2 heterocycles. The molecule has 2 aliphatic heterocycles. The van der Waals surface area contributed by atoms with Gasteiger partial charge in [0.15, 0.2) is 0 Å². The number of sulfonamides is 1. The van der Waals surface area contributed by atoms with Crippen LogP contribution >= 0.6 is 0 Å². The van der Waals surface area contributed by atoms with E-state index in [-0.39, 0.29) is 18.2 Å². The number of hydrazone groups is 1. The van der Waals surface area contributed by atoms with Crippen molar-refractivity contribution in [3.05, 3.63) is 35.9 Å². The number of carbonyl (C=O) groups excluding carboxylic acids is 1. The second-order valence-electron chi connectivity index (χ2n) is 7.38. The summed E-state index contributed by atoms with van der Waals surface area (Å²) in [5.41, 5.74) is 2.00. The lowest BCUT2D eigenvalue weighted by Gasteiger charge is -2.34. The van der Waals surface area contributed by atoms with Crippen LogP contribution < -0.4 is 0 Å². The van der Waals surface area contributed by atoms with Crippen LogP contribution in [-0.2, 0) is 14.8 Å². The fraction of sp³-hybridized carbons (Fsp3) is 0.600. The van der Waals surface area contributed by atoms with Crippen LogP contribution in [0.15, 0.2) is 35.4 Å². The average Bonchev–Trinajstić information content (AvgIpc) is 3.20. The Hall–Kier alpha value is -1.77. The summed E-state index contributed by atoms with van der Waals surface area (Å²) in [4.78, 5) is 14.6. The number of benzene rings is 1. The number of amides is 1. The molecule has 7 nitrogen and oxygen atoms in total. The number of piperazine rings is 1. The molecule has 0 atom stereocenters. The van der Waals surface area contributed by atoms with Crippen molar-refractivity contribution in [3.63, 3.8) is 0 Å². The van der Waals surface area contributed by atoms with Crippen LogP contribution in [0.1, 0.15) is 38.2 Å². The largest absolute Gasteiger partial charge is 0.292 e. The van der Waals surface area contributed by atoms with Gasteiger partial charge in [0.25, 0.3) is 5.91 Å². The molecule has 0 saturated carbocycles. The summed E-state index contributed by atoms with van der Waals surface area (Å²) in [6.45, 7) is 5.05. The van der Waals surface area contributed by atoms with Crippen LogP contribution in [0.25, 0.3) is 0 Å². The number of unbranched alkanes of at least 4 members (excludes halogenated alkanes) is 2. The third-order valence-corrected chi connectivity index (χ3v) is 7.24. The van der Waals surface area contributed by atoms with Gasteiger partial charge < -0.3 is 0 Å². The molecule has 0 N–H and O–H groups in total.